The highest BCUT2D eigenvalue weighted by atomic mass is 16.1. The number of allylic oxidation sites excluding steroid dienone is 2. The van der Waals surface area contributed by atoms with E-state index in [1.54, 1.807) is 0 Å². The highest BCUT2D eigenvalue weighted by Crippen LogP contribution is 2.34. The van der Waals surface area contributed by atoms with Crippen LogP contribution in [0.15, 0.2) is 11.6 Å². The summed E-state index contributed by atoms with van der Waals surface area (Å²) < 4.78 is 0. The molecule has 0 radical (unpaired) electrons. The van der Waals surface area contributed by atoms with Crippen molar-refractivity contribution in [3.8, 4) is 0 Å². The maximum absolute atomic E-state index is 12.1. The lowest BCUT2D eigenvalue weighted by Gasteiger charge is -2.28. The predicted molar refractivity (Wildman–Crippen MR) is 71.9 cm³/mol. The topological polar surface area (TPSA) is 17.1 Å². The van der Waals surface area contributed by atoms with E-state index in [0.29, 0.717) is 17.6 Å². The van der Waals surface area contributed by atoms with Gasteiger partial charge in [-0.3, -0.25) is 4.79 Å². The zero-order valence-electron chi connectivity index (χ0n) is 11.2. The summed E-state index contributed by atoms with van der Waals surface area (Å²) in [6.45, 7) is 2.22. The first kappa shape index (κ1) is 12.9. The Labute approximate surface area is 106 Å². The summed E-state index contributed by atoms with van der Waals surface area (Å²) in [7, 11) is 0. The molecule has 2 aliphatic rings. The lowest BCUT2D eigenvalue weighted by Crippen LogP contribution is -2.26. The molecule has 0 saturated heterocycles. The molecule has 96 valence electrons. The Kier molecular flexibility index (Phi) is 4.82. The lowest BCUT2D eigenvalue weighted by molar-refractivity contribution is -0.124. The molecule has 0 aromatic heterocycles. The Morgan fingerprint density at radius 3 is 2.53 bits per heavy atom. The van der Waals surface area contributed by atoms with E-state index in [9.17, 15) is 4.79 Å². The molecule has 0 aromatic carbocycles. The van der Waals surface area contributed by atoms with E-state index in [1.807, 2.05) is 0 Å². The minimum atomic E-state index is 0.296. The summed E-state index contributed by atoms with van der Waals surface area (Å²) in [5.74, 6) is 1.40. The summed E-state index contributed by atoms with van der Waals surface area (Å²) in [5.41, 5.74) is 1.48. The van der Waals surface area contributed by atoms with Crippen LogP contribution >= 0.6 is 0 Å². The molecule has 0 N–H and O–H groups in total. The van der Waals surface area contributed by atoms with Crippen molar-refractivity contribution in [3.63, 3.8) is 0 Å². The SMILES string of the molecule is CC1CC(=O)C2CCCCCCCCC=C2C1. The smallest absolute Gasteiger partial charge is 0.140 e. The maximum Gasteiger partial charge on any atom is 0.140 e. The van der Waals surface area contributed by atoms with E-state index < -0.39 is 0 Å². The number of ketones is 1. The van der Waals surface area contributed by atoms with Crippen molar-refractivity contribution in [1.29, 1.82) is 0 Å². The summed E-state index contributed by atoms with van der Waals surface area (Å²) in [5, 5.41) is 0. The van der Waals surface area contributed by atoms with Crippen LogP contribution in [0.1, 0.15) is 71.1 Å². The van der Waals surface area contributed by atoms with E-state index in [4.69, 9.17) is 0 Å². The van der Waals surface area contributed by atoms with E-state index in [1.165, 1.54) is 56.9 Å². The first-order valence-corrected chi connectivity index (χ1v) is 7.49. The molecule has 0 spiro atoms. The highest BCUT2D eigenvalue weighted by molar-refractivity contribution is 5.85. The van der Waals surface area contributed by atoms with Crippen molar-refractivity contribution in [1.82, 2.24) is 0 Å². The summed E-state index contributed by atoms with van der Waals surface area (Å²) in [4.78, 5) is 12.1. The van der Waals surface area contributed by atoms with Gasteiger partial charge in [0.15, 0.2) is 0 Å². The average molecular weight is 234 g/mol. The van der Waals surface area contributed by atoms with Gasteiger partial charge in [0.25, 0.3) is 0 Å². The molecule has 0 aromatic rings. The quantitative estimate of drug-likeness (QED) is 0.557. The fourth-order valence-corrected chi connectivity index (χ4v) is 3.37. The van der Waals surface area contributed by atoms with Crippen LogP contribution in [0.2, 0.25) is 0 Å². The molecule has 2 rings (SSSR count). The van der Waals surface area contributed by atoms with Crippen molar-refractivity contribution in [3.05, 3.63) is 11.6 Å². The Bertz CT molecular complexity index is 290. The van der Waals surface area contributed by atoms with Crippen LogP contribution in [0, 0.1) is 11.8 Å². The second kappa shape index (κ2) is 6.37. The molecule has 1 nitrogen and oxygen atoms in total. The lowest BCUT2D eigenvalue weighted by atomic mass is 9.75. The molecule has 1 saturated carbocycles. The fourth-order valence-electron chi connectivity index (χ4n) is 3.37. The Balaban J connectivity index is 2.06. The van der Waals surface area contributed by atoms with Gasteiger partial charge in [-0.25, -0.2) is 0 Å². The van der Waals surface area contributed by atoms with Crippen molar-refractivity contribution >= 4 is 5.78 Å². The van der Waals surface area contributed by atoms with Crippen LogP contribution in [0.25, 0.3) is 0 Å². The summed E-state index contributed by atoms with van der Waals surface area (Å²) in [6, 6.07) is 0. The summed E-state index contributed by atoms with van der Waals surface area (Å²) in [6.07, 6.45) is 14.8. The van der Waals surface area contributed by atoms with Gasteiger partial charge < -0.3 is 0 Å². The van der Waals surface area contributed by atoms with Gasteiger partial charge in [0.1, 0.15) is 5.78 Å². The van der Waals surface area contributed by atoms with Crippen molar-refractivity contribution in [2.75, 3.05) is 0 Å². The first-order chi connectivity index (χ1) is 8.27. The second-order valence-corrected chi connectivity index (χ2v) is 6.01. The number of hydrogen-bond donors (Lipinski definition) is 0. The van der Waals surface area contributed by atoms with Gasteiger partial charge in [-0.2, -0.15) is 0 Å². The Hall–Kier alpha value is -0.590. The third-order valence-electron chi connectivity index (χ3n) is 4.32. The fraction of sp³-hybridized carbons (Fsp3) is 0.812. The molecule has 0 aliphatic heterocycles. The first-order valence-electron chi connectivity index (χ1n) is 7.49. The van der Waals surface area contributed by atoms with E-state index in [0.717, 1.165) is 12.8 Å². The largest absolute Gasteiger partial charge is 0.299 e. The minimum absolute atomic E-state index is 0.296. The number of carbonyl (C=O) groups excluding carboxylic acids is 1. The zero-order valence-corrected chi connectivity index (χ0v) is 11.2. The van der Waals surface area contributed by atoms with Gasteiger partial charge in [-0.15, -0.1) is 0 Å². The van der Waals surface area contributed by atoms with E-state index in [-0.39, 0.29) is 0 Å². The molecule has 2 atom stereocenters. The second-order valence-electron chi connectivity index (χ2n) is 6.01. The molecule has 1 heteroatoms. The van der Waals surface area contributed by atoms with Crippen LogP contribution < -0.4 is 0 Å². The Morgan fingerprint density at radius 1 is 1.00 bits per heavy atom. The predicted octanol–water partition coefficient (Wildman–Crippen LogP) is 4.66. The van der Waals surface area contributed by atoms with Gasteiger partial charge in [0, 0.05) is 12.3 Å². The van der Waals surface area contributed by atoms with Crippen LogP contribution in [-0.4, -0.2) is 5.78 Å². The zero-order chi connectivity index (χ0) is 12.1. The minimum Gasteiger partial charge on any atom is -0.299 e. The van der Waals surface area contributed by atoms with Crippen LogP contribution in [0.3, 0.4) is 0 Å². The molecule has 0 bridgehead atoms. The van der Waals surface area contributed by atoms with E-state index in [2.05, 4.69) is 13.0 Å². The van der Waals surface area contributed by atoms with Crippen LogP contribution in [0.5, 0.6) is 0 Å². The molecule has 0 heterocycles. The highest BCUT2D eigenvalue weighted by Gasteiger charge is 2.29. The number of rotatable bonds is 0. The molecule has 2 unspecified atom stereocenters. The molecular weight excluding hydrogens is 208 g/mol. The molecule has 0 amide bonds. The molecule has 1 fully saturated rings. The molecule has 2 aliphatic carbocycles. The van der Waals surface area contributed by atoms with Crippen LogP contribution in [-0.2, 0) is 4.79 Å². The van der Waals surface area contributed by atoms with Gasteiger partial charge in [0.05, 0.1) is 0 Å². The average Bonchev–Trinajstić information content (AvgIpc) is 2.33. The summed E-state index contributed by atoms with van der Waals surface area (Å²) >= 11 is 0. The van der Waals surface area contributed by atoms with Gasteiger partial charge in [-0.1, -0.05) is 50.7 Å². The normalized spacial score (nSPS) is 32.3. The number of hydrogen-bond acceptors (Lipinski definition) is 1. The number of fused-ring (bicyclic) bond motifs is 1. The standard InChI is InChI=1S/C16H26O/c1-13-11-14-9-7-5-3-2-4-6-8-10-15(14)16(17)12-13/h9,13,15H,2-8,10-12H2,1H3. The van der Waals surface area contributed by atoms with Crippen LogP contribution in [0.4, 0.5) is 0 Å². The molecule has 17 heavy (non-hydrogen) atoms. The van der Waals surface area contributed by atoms with Gasteiger partial charge in [-0.05, 0) is 31.6 Å². The number of Topliss-reactive ketones (excluding diaryl/α,β-unsaturated/α-hetero) is 1. The Morgan fingerprint density at radius 2 is 1.71 bits per heavy atom. The van der Waals surface area contributed by atoms with Gasteiger partial charge in [0.2, 0.25) is 0 Å². The van der Waals surface area contributed by atoms with Crippen molar-refractivity contribution < 1.29 is 4.79 Å². The van der Waals surface area contributed by atoms with E-state index >= 15 is 0 Å². The third kappa shape index (κ3) is 3.69. The molecular formula is C16H26O. The van der Waals surface area contributed by atoms with Gasteiger partial charge >= 0.3 is 0 Å². The van der Waals surface area contributed by atoms with Crippen molar-refractivity contribution in [2.24, 2.45) is 11.8 Å². The number of carbonyl (C=O) groups is 1. The van der Waals surface area contributed by atoms with Crippen molar-refractivity contribution in [2.45, 2.75) is 71.1 Å². The third-order valence-corrected chi connectivity index (χ3v) is 4.32. The maximum atomic E-state index is 12.1. The monoisotopic (exact) mass is 234 g/mol.